The zero-order valence-electron chi connectivity index (χ0n) is 17.6. The molecule has 1 fully saturated rings. The van der Waals surface area contributed by atoms with Gasteiger partial charge in [0.05, 0.1) is 30.7 Å². The number of likely N-dealkylation sites (tertiary alicyclic amines) is 1. The first kappa shape index (κ1) is 21.9. The minimum atomic E-state index is -0.190. The molecule has 1 aliphatic rings. The standard InChI is InChI=1S/C21H25N9OS/c22-6-12-30-11-3-4-18(30)16-5-8-25-20(26-16)28-21-27-17(14-32-21)19(31)24-7-1-2-10-29-13-9-23-15-29/h5,8-9,13-15,18H,1-4,7,10-12H2,(H,24,31)(H,25,26,27,28)/t18-/m0/s1. The Labute approximate surface area is 190 Å². The van der Waals surface area contributed by atoms with Gasteiger partial charge in [0.15, 0.2) is 5.13 Å². The molecule has 0 unspecified atom stereocenters. The molecule has 0 aliphatic carbocycles. The summed E-state index contributed by atoms with van der Waals surface area (Å²) in [7, 11) is 0. The molecule has 11 heteroatoms. The largest absolute Gasteiger partial charge is 0.351 e. The van der Waals surface area contributed by atoms with Crippen LogP contribution in [-0.4, -0.2) is 54.9 Å². The number of aromatic nitrogens is 5. The number of aryl methyl sites for hydroxylation is 1. The van der Waals surface area contributed by atoms with Crippen LogP contribution in [0.4, 0.5) is 11.1 Å². The third-order valence-electron chi connectivity index (χ3n) is 5.30. The van der Waals surface area contributed by atoms with Gasteiger partial charge in [0.1, 0.15) is 5.69 Å². The second-order valence-corrected chi connectivity index (χ2v) is 8.38. The third-order valence-corrected chi connectivity index (χ3v) is 6.06. The number of thiazole rings is 1. The molecule has 1 saturated heterocycles. The molecule has 0 bridgehead atoms. The van der Waals surface area contributed by atoms with Crippen LogP contribution in [0.15, 0.2) is 36.4 Å². The number of unbranched alkanes of at least 4 members (excludes halogenated alkanes) is 1. The molecule has 166 valence electrons. The molecule has 0 spiro atoms. The van der Waals surface area contributed by atoms with Crippen molar-refractivity contribution in [1.82, 2.24) is 34.7 Å². The van der Waals surface area contributed by atoms with Crippen molar-refractivity contribution in [2.75, 3.05) is 25.0 Å². The Bertz CT molecular complexity index is 1060. The van der Waals surface area contributed by atoms with Gasteiger partial charge in [-0.2, -0.15) is 5.26 Å². The Morgan fingerprint density at radius 2 is 2.25 bits per heavy atom. The summed E-state index contributed by atoms with van der Waals surface area (Å²) in [4.78, 5) is 31.8. The maximum Gasteiger partial charge on any atom is 0.270 e. The molecular formula is C21H25N9OS. The monoisotopic (exact) mass is 451 g/mol. The maximum atomic E-state index is 12.4. The topological polar surface area (TPSA) is 125 Å². The van der Waals surface area contributed by atoms with Crippen LogP contribution in [0.1, 0.15) is 47.9 Å². The number of hydrogen-bond donors (Lipinski definition) is 2. The lowest BCUT2D eigenvalue weighted by Gasteiger charge is -2.21. The van der Waals surface area contributed by atoms with Crippen LogP contribution < -0.4 is 10.6 Å². The summed E-state index contributed by atoms with van der Waals surface area (Å²) in [5, 5.41) is 17.3. The van der Waals surface area contributed by atoms with E-state index in [1.54, 1.807) is 24.1 Å². The number of nitrogens with one attached hydrogen (secondary N) is 2. The number of imidazole rings is 1. The molecule has 1 amide bonds. The van der Waals surface area contributed by atoms with Crippen molar-refractivity contribution in [3.05, 3.63) is 47.8 Å². The molecular weight excluding hydrogens is 426 g/mol. The number of rotatable bonds is 10. The quantitative estimate of drug-likeness (QED) is 0.356. The molecule has 2 N–H and O–H groups in total. The lowest BCUT2D eigenvalue weighted by Crippen LogP contribution is -2.25. The molecule has 3 aromatic heterocycles. The lowest BCUT2D eigenvalue weighted by atomic mass is 10.1. The van der Waals surface area contributed by atoms with Crippen molar-refractivity contribution in [1.29, 1.82) is 5.26 Å². The second kappa shape index (κ2) is 10.8. The Kier molecular flexibility index (Phi) is 7.37. The van der Waals surface area contributed by atoms with Gasteiger partial charge < -0.3 is 15.2 Å². The first-order chi connectivity index (χ1) is 15.7. The molecule has 10 nitrogen and oxygen atoms in total. The molecule has 3 aromatic rings. The number of anilines is 2. The van der Waals surface area contributed by atoms with Crippen molar-refractivity contribution in [3.63, 3.8) is 0 Å². The second-order valence-electron chi connectivity index (χ2n) is 7.52. The summed E-state index contributed by atoms with van der Waals surface area (Å²) in [6.07, 6.45) is 11.0. The van der Waals surface area contributed by atoms with Gasteiger partial charge in [0, 0.05) is 37.1 Å². The van der Waals surface area contributed by atoms with Gasteiger partial charge in [0.25, 0.3) is 5.91 Å². The molecule has 1 atom stereocenters. The van der Waals surface area contributed by atoms with Gasteiger partial charge in [-0.3, -0.25) is 9.69 Å². The molecule has 0 aromatic carbocycles. The summed E-state index contributed by atoms with van der Waals surface area (Å²) in [5.41, 5.74) is 1.26. The van der Waals surface area contributed by atoms with Crippen LogP contribution >= 0.6 is 11.3 Å². The highest BCUT2D eigenvalue weighted by atomic mass is 32.1. The van der Waals surface area contributed by atoms with Gasteiger partial charge in [-0.1, -0.05) is 0 Å². The normalized spacial score (nSPS) is 16.0. The van der Waals surface area contributed by atoms with E-state index in [-0.39, 0.29) is 11.9 Å². The predicted molar refractivity (Wildman–Crippen MR) is 120 cm³/mol. The Balaban J connectivity index is 1.27. The van der Waals surface area contributed by atoms with Crippen LogP contribution in [-0.2, 0) is 6.54 Å². The SMILES string of the molecule is N#CCN1CCC[C@H]1c1ccnc(Nc2nc(C(=O)NCCCCn3ccnc3)cs2)n1. The van der Waals surface area contributed by atoms with Gasteiger partial charge in [0.2, 0.25) is 5.95 Å². The van der Waals surface area contributed by atoms with Crippen molar-refractivity contribution in [2.45, 2.75) is 38.3 Å². The summed E-state index contributed by atoms with van der Waals surface area (Å²) in [6, 6.07) is 4.24. The van der Waals surface area contributed by atoms with Gasteiger partial charge in [-0.05, 0) is 38.3 Å². The van der Waals surface area contributed by atoms with Crippen molar-refractivity contribution < 1.29 is 4.79 Å². The molecule has 0 radical (unpaired) electrons. The van der Waals surface area contributed by atoms with E-state index in [0.717, 1.165) is 44.5 Å². The zero-order valence-corrected chi connectivity index (χ0v) is 18.5. The fourth-order valence-electron chi connectivity index (χ4n) is 3.72. The maximum absolute atomic E-state index is 12.4. The summed E-state index contributed by atoms with van der Waals surface area (Å²) < 4.78 is 2.02. The van der Waals surface area contributed by atoms with Crippen molar-refractivity contribution in [3.8, 4) is 6.07 Å². The smallest absolute Gasteiger partial charge is 0.270 e. The van der Waals surface area contributed by atoms with E-state index < -0.39 is 0 Å². The third kappa shape index (κ3) is 5.66. The van der Waals surface area contributed by atoms with Crippen LogP contribution in [0.3, 0.4) is 0 Å². The van der Waals surface area contributed by atoms with Gasteiger partial charge in [-0.25, -0.2) is 19.9 Å². The van der Waals surface area contributed by atoms with E-state index in [1.807, 2.05) is 16.8 Å². The number of amides is 1. The predicted octanol–water partition coefficient (Wildman–Crippen LogP) is 2.74. The first-order valence-corrected chi connectivity index (χ1v) is 11.5. The van der Waals surface area contributed by atoms with Crippen LogP contribution in [0.25, 0.3) is 0 Å². The van der Waals surface area contributed by atoms with E-state index in [1.165, 1.54) is 11.3 Å². The summed E-state index contributed by atoms with van der Waals surface area (Å²) >= 11 is 1.33. The van der Waals surface area contributed by atoms with Crippen molar-refractivity contribution >= 4 is 28.3 Å². The first-order valence-electron chi connectivity index (χ1n) is 10.6. The molecule has 1 aliphatic heterocycles. The average Bonchev–Trinajstić information content (AvgIpc) is 3.56. The number of carbonyl (C=O) groups excluding carboxylic acids is 1. The van der Waals surface area contributed by atoms with E-state index in [4.69, 9.17) is 5.26 Å². The highest BCUT2D eigenvalue weighted by Crippen LogP contribution is 2.30. The summed E-state index contributed by atoms with van der Waals surface area (Å²) in [6.45, 7) is 2.78. The van der Waals surface area contributed by atoms with E-state index in [9.17, 15) is 4.79 Å². The minimum Gasteiger partial charge on any atom is -0.351 e. The number of nitrogens with zero attached hydrogens (tertiary/aromatic N) is 7. The number of carbonyl (C=O) groups is 1. The summed E-state index contributed by atoms with van der Waals surface area (Å²) in [5.74, 6) is 0.247. The highest BCUT2D eigenvalue weighted by Gasteiger charge is 2.27. The molecule has 0 saturated carbocycles. The zero-order chi connectivity index (χ0) is 22.2. The highest BCUT2D eigenvalue weighted by molar-refractivity contribution is 7.14. The fourth-order valence-corrected chi connectivity index (χ4v) is 4.41. The minimum absolute atomic E-state index is 0.129. The van der Waals surface area contributed by atoms with Crippen LogP contribution in [0, 0.1) is 11.3 Å². The van der Waals surface area contributed by atoms with E-state index in [0.29, 0.717) is 29.9 Å². The Morgan fingerprint density at radius 3 is 3.09 bits per heavy atom. The Hall–Kier alpha value is -3.36. The fraction of sp³-hybridized carbons (Fsp3) is 0.429. The molecule has 4 rings (SSSR count). The number of hydrogen-bond acceptors (Lipinski definition) is 9. The van der Waals surface area contributed by atoms with E-state index >= 15 is 0 Å². The van der Waals surface area contributed by atoms with Crippen LogP contribution in [0.2, 0.25) is 0 Å². The van der Waals surface area contributed by atoms with Gasteiger partial charge >= 0.3 is 0 Å². The Morgan fingerprint density at radius 1 is 1.31 bits per heavy atom. The lowest BCUT2D eigenvalue weighted by molar-refractivity contribution is 0.0948. The van der Waals surface area contributed by atoms with Crippen molar-refractivity contribution in [2.24, 2.45) is 0 Å². The number of nitriles is 1. The van der Waals surface area contributed by atoms with E-state index in [2.05, 4.69) is 41.5 Å². The van der Waals surface area contributed by atoms with Crippen LogP contribution in [0.5, 0.6) is 0 Å². The van der Waals surface area contributed by atoms with Gasteiger partial charge in [-0.15, -0.1) is 11.3 Å². The average molecular weight is 452 g/mol. The molecule has 32 heavy (non-hydrogen) atoms. The molecule has 4 heterocycles.